The number of nitrogens with zero attached hydrogens (tertiary/aromatic N) is 2. The molecule has 276 valence electrons. The highest BCUT2D eigenvalue weighted by molar-refractivity contribution is 6.38. The van der Waals surface area contributed by atoms with Crippen molar-refractivity contribution in [2.75, 3.05) is 20.2 Å². The number of amides is 4. The normalized spacial score (nSPS) is 21.9. The number of rotatable bonds is 13. The second-order valence-corrected chi connectivity index (χ2v) is 15.5. The van der Waals surface area contributed by atoms with Gasteiger partial charge in [0.1, 0.15) is 23.9 Å². The Kier molecular flexibility index (Phi) is 11.9. The molecule has 4 amide bonds. The molecule has 5 atom stereocenters. The molecule has 2 aliphatic heterocycles. The SMILES string of the molecule is CCOc1c(C)cc(C2=NO[C@]3(C2)C[C@@H](C(=O)N[C@@H](CC2CC2)C(=O)C(=O)NC)N(C(=O)[C@@H](NC(=O)OC(C)C(C)C)C(C)(C)C)C3)cc1C. The quantitative estimate of drug-likeness (QED) is 0.261. The second-order valence-electron chi connectivity index (χ2n) is 15.5. The van der Waals surface area contributed by atoms with E-state index in [4.69, 9.17) is 14.3 Å². The van der Waals surface area contributed by atoms with Crippen molar-refractivity contribution in [1.82, 2.24) is 20.9 Å². The van der Waals surface area contributed by atoms with E-state index in [-0.39, 0.29) is 24.8 Å². The number of carbonyl (C=O) groups is 5. The maximum absolute atomic E-state index is 14.5. The van der Waals surface area contributed by atoms with Crippen molar-refractivity contribution in [3.05, 3.63) is 28.8 Å². The van der Waals surface area contributed by atoms with E-state index < -0.39 is 64.8 Å². The highest BCUT2D eigenvalue weighted by Crippen LogP contribution is 2.41. The Morgan fingerprint density at radius 1 is 1.06 bits per heavy atom. The molecule has 1 aromatic rings. The summed E-state index contributed by atoms with van der Waals surface area (Å²) in [7, 11) is 1.37. The maximum Gasteiger partial charge on any atom is 0.408 e. The molecule has 0 bridgehead atoms. The molecule has 1 spiro atoms. The number of Topliss-reactive ketones (excluding diaryl/α,β-unsaturated/α-hetero) is 1. The first-order chi connectivity index (χ1) is 23.4. The lowest BCUT2D eigenvalue weighted by atomic mass is 9.85. The number of nitrogens with one attached hydrogen (secondary N) is 3. The van der Waals surface area contributed by atoms with E-state index >= 15 is 0 Å². The average molecular weight is 698 g/mol. The molecule has 1 unspecified atom stereocenters. The average Bonchev–Trinajstić information content (AvgIpc) is 3.64. The number of alkyl carbamates (subject to hydrolysis) is 1. The number of likely N-dealkylation sites (tertiary alicyclic amines) is 1. The molecule has 13 heteroatoms. The van der Waals surface area contributed by atoms with Gasteiger partial charge in [0, 0.05) is 25.5 Å². The predicted molar refractivity (Wildman–Crippen MR) is 188 cm³/mol. The van der Waals surface area contributed by atoms with Gasteiger partial charge in [0.05, 0.1) is 24.9 Å². The zero-order valence-electron chi connectivity index (χ0n) is 31.2. The summed E-state index contributed by atoms with van der Waals surface area (Å²) in [5.41, 5.74) is 1.61. The van der Waals surface area contributed by atoms with Crippen molar-refractivity contribution in [3.8, 4) is 5.75 Å². The summed E-state index contributed by atoms with van der Waals surface area (Å²) in [6, 6.07) is 0.790. The molecule has 50 heavy (non-hydrogen) atoms. The first-order valence-electron chi connectivity index (χ1n) is 17.7. The summed E-state index contributed by atoms with van der Waals surface area (Å²) >= 11 is 0. The van der Waals surface area contributed by atoms with Crippen LogP contribution in [0.2, 0.25) is 0 Å². The molecule has 1 saturated carbocycles. The van der Waals surface area contributed by atoms with Crippen LogP contribution >= 0.6 is 0 Å². The molecule has 2 fully saturated rings. The Bertz CT molecular complexity index is 1490. The Hall–Kier alpha value is -4.16. The highest BCUT2D eigenvalue weighted by Gasteiger charge is 2.56. The van der Waals surface area contributed by atoms with Crippen LogP contribution in [-0.2, 0) is 28.8 Å². The van der Waals surface area contributed by atoms with Crippen LogP contribution in [0.3, 0.4) is 0 Å². The van der Waals surface area contributed by atoms with Crippen LogP contribution in [0.4, 0.5) is 4.79 Å². The van der Waals surface area contributed by atoms with Crippen molar-refractivity contribution in [3.63, 3.8) is 0 Å². The molecular weight excluding hydrogens is 642 g/mol. The van der Waals surface area contributed by atoms with Gasteiger partial charge in [0.15, 0.2) is 5.60 Å². The van der Waals surface area contributed by atoms with E-state index in [9.17, 15) is 24.0 Å². The van der Waals surface area contributed by atoms with Gasteiger partial charge < -0.3 is 35.2 Å². The van der Waals surface area contributed by atoms with Gasteiger partial charge in [-0.15, -0.1) is 0 Å². The number of oxime groups is 1. The third-order valence-corrected chi connectivity index (χ3v) is 9.86. The number of ketones is 1. The summed E-state index contributed by atoms with van der Waals surface area (Å²) in [6.45, 7) is 17.5. The number of aryl methyl sites for hydroxylation is 2. The molecule has 1 aromatic carbocycles. The largest absolute Gasteiger partial charge is 0.493 e. The summed E-state index contributed by atoms with van der Waals surface area (Å²) in [5, 5.41) is 12.4. The summed E-state index contributed by atoms with van der Waals surface area (Å²) < 4.78 is 11.4. The van der Waals surface area contributed by atoms with Crippen LogP contribution in [0.25, 0.3) is 0 Å². The zero-order chi connectivity index (χ0) is 37.1. The number of likely N-dealkylation sites (N-methyl/N-ethyl adjacent to an activating group) is 1. The molecule has 13 nitrogen and oxygen atoms in total. The van der Waals surface area contributed by atoms with Gasteiger partial charge in [0.25, 0.3) is 5.91 Å². The number of benzene rings is 1. The Labute approximate surface area is 295 Å². The van der Waals surface area contributed by atoms with Gasteiger partial charge in [-0.25, -0.2) is 4.79 Å². The molecule has 0 radical (unpaired) electrons. The molecule has 1 saturated heterocycles. The summed E-state index contributed by atoms with van der Waals surface area (Å²) in [5.74, 6) is -1.50. The van der Waals surface area contributed by atoms with Gasteiger partial charge in [-0.3, -0.25) is 19.2 Å². The van der Waals surface area contributed by atoms with Gasteiger partial charge in [-0.1, -0.05) is 52.6 Å². The van der Waals surface area contributed by atoms with Crippen molar-refractivity contribution in [2.45, 2.75) is 124 Å². The monoisotopic (exact) mass is 697 g/mol. The summed E-state index contributed by atoms with van der Waals surface area (Å²) in [4.78, 5) is 74.7. The van der Waals surface area contributed by atoms with Gasteiger partial charge in [-0.05, 0) is 74.6 Å². The first-order valence-corrected chi connectivity index (χ1v) is 17.7. The van der Waals surface area contributed by atoms with Crippen LogP contribution in [0.15, 0.2) is 17.3 Å². The minimum absolute atomic E-state index is 0.00824. The van der Waals surface area contributed by atoms with Gasteiger partial charge in [0.2, 0.25) is 17.6 Å². The van der Waals surface area contributed by atoms with Crippen molar-refractivity contribution in [2.24, 2.45) is 22.4 Å². The van der Waals surface area contributed by atoms with Crippen molar-refractivity contribution < 1.29 is 38.3 Å². The topological polar surface area (TPSA) is 165 Å². The Balaban J connectivity index is 1.65. The van der Waals surface area contributed by atoms with E-state index in [2.05, 4.69) is 21.1 Å². The minimum Gasteiger partial charge on any atom is -0.493 e. The van der Waals surface area contributed by atoms with E-state index in [1.54, 1.807) is 6.92 Å². The van der Waals surface area contributed by atoms with E-state index in [1.807, 2.05) is 67.5 Å². The van der Waals surface area contributed by atoms with Crippen LogP contribution in [-0.4, -0.2) is 90.2 Å². The van der Waals surface area contributed by atoms with E-state index in [0.717, 1.165) is 35.3 Å². The van der Waals surface area contributed by atoms with Crippen molar-refractivity contribution >= 4 is 35.3 Å². The van der Waals surface area contributed by atoms with Gasteiger partial charge in [-0.2, -0.15) is 0 Å². The molecule has 2 heterocycles. The summed E-state index contributed by atoms with van der Waals surface area (Å²) in [6.07, 6.45) is 1.42. The van der Waals surface area contributed by atoms with Gasteiger partial charge >= 0.3 is 6.09 Å². The lowest BCUT2D eigenvalue weighted by molar-refractivity contribution is -0.144. The molecule has 3 aliphatic rings. The molecule has 4 rings (SSSR count). The lowest BCUT2D eigenvalue weighted by Gasteiger charge is -2.35. The third-order valence-electron chi connectivity index (χ3n) is 9.86. The number of hydrogen-bond acceptors (Lipinski definition) is 9. The maximum atomic E-state index is 14.5. The van der Waals surface area contributed by atoms with Crippen LogP contribution in [0.5, 0.6) is 5.75 Å². The van der Waals surface area contributed by atoms with Crippen molar-refractivity contribution in [1.29, 1.82) is 0 Å². The fourth-order valence-corrected chi connectivity index (χ4v) is 6.51. The number of hydrogen-bond donors (Lipinski definition) is 3. The fourth-order valence-electron chi connectivity index (χ4n) is 6.51. The molecule has 3 N–H and O–H groups in total. The minimum atomic E-state index is -1.07. The predicted octanol–water partition coefficient (Wildman–Crippen LogP) is 3.95. The Morgan fingerprint density at radius 3 is 2.24 bits per heavy atom. The molecule has 1 aliphatic carbocycles. The Morgan fingerprint density at radius 2 is 1.70 bits per heavy atom. The smallest absolute Gasteiger partial charge is 0.408 e. The van der Waals surface area contributed by atoms with Crippen LogP contribution in [0.1, 0.15) is 97.3 Å². The van der Waals surface area contributed by atoms with Crippen LogP contribution < -0.4 is 20.7 Å². The number of ether oxygens (including phenoxy) is 2. The standard InChI is InChI=1S/C37H55N5O8/c1-11-48-30-21(4)14-25(15-22(30)5)27-17-37(50-41-27)18-28(32(44)39-26(16-24-12-13-24)29(43)33(45)38-10)42(19-37)34(46)31(36(7,8)9)40-35(47)49-23(6)20(2)3/h14-15,20,23-24,26,28,31H,11-13,16-19H2,1-10H3,(H,38,45)(H,39,44)(H,40,47)/t23?,26-,28-,31+,37+/m0/s1. The second kappa shape index (κ2) is 15.4. The molecular formula is C37H55N5O8. The molecule has 0 aromatic heterocycles. The van der Waals surface area contributed by atoms with E-state index in [0.29, 0.717) is 25.2 Å². The number of carbonyl (C=O) groups excluding carboxylic acids is 5. The third kappa shape index (κ3) is 8.95. The zero-order valence-corrected chi connectivity index (χ0v) is 31.2. The van der Waals surface area contributed by atoms with E-state index in [1.165, 1.54) is 11.9 Å². The lowest BCUT2D eigenvalue weighted by Crippen LogP contribution is -2.59. The fraction of sp³-hybridized carbons (Fsp3) is 0.676. The highest BCUT2D eigenvalue weighted by atomic mass is 16.7. The first kappa shape index (κ1) is 38.6. The van der Waals surface area contributed by atoms with Crippen LogP contribution in [0, 0.1) is 31.1 Å².